The minimum absolute atomic E-state index is 1.75. The van der Waals surface area contributed by atoms with Crippen molar-refractivity contribution in [1.29, 1.82) is 0 Å². The molecule has 0 spiro atoms. The normalized spacial score (nSPS) is 9.18. The Hall–Kier alpha value is -1.38. The van der Waals surface area contributed by atoms with Crippen molar-refractivity contribution in [3.8, 4) is 0 Å². The fourth-order valence-electron chi connectivity index (χ4n) is 0.655. The smallest absolute Gasteiger partial charge is 0.166 e. The summed E-state index contributed by atoms with van der Waals surface area (Å²) >= 11 is -5.62. The van der Waals surface area contributed by atoms with E-state index in [1.54, 1.807) is 12.4 Å². The highest BCUT2D eigenvalue weighted by Gasteiger charge is 1.90. The van der Waals surface area contributed by atoms with Gasteiger partial charge in [0, 0.05) is 24.5 Å². The first-order valence-electron chi connectivity index (χ1n) is 4.38. The van der Waals surface area contributed by atoms with Crippen LogP contribution in [-0.2, 0) is 0 Å². The number of H-pyrrole nitrogens is 1. The summed E-state index contributed by atoms with van der Waals surface area (Å²) in [5.41, 5.74) is 0. The number of rotatable bonds is 0. The molecule has 0 radical (unpaired) electrons. The maximum atomic E-state index is 8.58. The standard InChI is InChI=1S/2C5H5N.BrO4/c2*1-2-4-6-5-3-1;2-1(3,4)5/h2*1-5H;/q;;-1/p+1. The van der Waals surface area contributed by atoms with Crippen LogP contribution in [0.15, 0.2) is 61.2 Å². The van der Waals surface area contributed by atoms with Crippen molar-refractivity contribution < 1.29 is 35.9 Å². The first-order chi connectivity index (χ1) is 8.00. The Morgan fingerprint density at radius 1 is 0.706 bits per heavy atom. The second kappa shape index (κ2) is 9.82. The summed E-state index contributed by atoms with van der Waals surface area (Å²) in [6, 6.07) is 11.6. The Morgan fingerprint density at radius 2 is 1.12 bits per heavy atom. The van der Waals surface area contributed by atoms with Gasteiger partial charge in [0.2, 0.25) is 0 Å². The molecule has 0 bridgehead atoms. The van der Waals surface area contributed by atoms with E-state index in [1.807, 2.05) is 48.8 Å². The van der Waals surface area contributed by atoms with Crippen LogP contribution in [0, 0.1) is 14.1 Å². The summed E-state index contributed by atoms with van der Waals surface area (Å²) in [6.45, 7) is 0. The number of aromatic nitrogens is 2. The zero-order valence-corrected chi connectivity index (χ0v) is 10.3. The molecule has 0 amide bonds. The molecule has 0 atom stereocenters. The number of hydrogen-bond acceptors (Lipinski definition) is 5. The van der Waals surface area contributed by atoms with Crippen molar-refractivity contribution in [3.05, 3.63) is 61.2 Å². The third kappa shape index (κ3) is 20.6. The molecule has 2 aromatic heterocycles. The van der Waals surface area contributed by atoms with Gasteiger partial charge in [-0.25, -0.2) is 4.98 Å². The molecule has 0 saturated heterocycles. The van der Waals surface area contributed by atoms with E-state index in [0.29, 0.717) is 0 Å². The van der Waals surface area contributed by atoms with Crippen molar-refractivity contribution >= 4 is 0 Å². The quantitative estimate of drug-likeness (QED) is 0.508. The molecule has 2 aromatic rings. The Bertz CT molecular complexity index is 265. The number of nitrogens with zero attached hydrogens (tertiary/aromatic N) is 1. The number of pyridine rings is 2. The summed E-state index contributed by atoms with van der Waals surface area (Å²) in [5.74, 6) is 0. The SMILES string of the molecule is [O-][Br+3]([O-])([O-])[O-].c1cc[nH+]cc1.c1ccncc1. The summed E-state index contributed by atoms with van der Waals surface area (Å²) in [6.07, 6.45) is 7.25. The number of nitrogens with one attached hydrogen (secondary N) is 1. The molecule has 92 valence electrons. The van der Waals surface area contributed by atoms with E-state index in [1.165, 1.54) is 0 Å². The van der Waals surface area contributed by atoms with Crippen LogP contribution >= 0.6 is 0 Å². The first kappa shape index (κ1) is 15.6. The van der Waals surface area contributed by atoms with Crippen LogP contribution in [0.3, 0.4) is 0 Å². The molecule has 0 unspecified atom stereocenters. The molecule has 0 aliphatic carbocycles. The van der Waals surface area contributed by atoms with Gasteiger partial charge in [-0.1, -0.05) is 12.1 Å². The molecule has 1 N–H and O–H groups in total. The number of aromatic amines is 1. The van der Waals surface area contributed by atoms with Gasteiger partial charge in [-0.3, -0.25) is 21.8 Å². The van der Waals surface area contributed by atoms with E-state index in [4.69, 9.17) is 16.8 Å². The van der Waals surface area contributed by atoms with Crippen molar-refractivity contribution in [3.63, 3.8) is 0 Å². The maximum absolute atomic E-state index is 8.58. The van der Waals surface area contributed by atoms with Gasteiger partial charge in [0.15, 0.2) is 12.4 Å². The fraction of sp³-hybridized carbons (Fsp3) is 0. The van der Waals surface area contributed by atoms with Gasteiger partial charge >= 0.3 is 0 Å². The van der Waals surface area contributed by atoms with Gasteiger partial charge in [-0.2, -0.15) is 0 Å². The van der Waals surface area contributed by atoms with Gasteiger partial charge in [0.05, 0.1) is 14.1 Å². The number of hydrogen-bond donors (Lipinski definition) is 0. The van der Waals surface area contributed by atoms with Gasteiger partial charge < -0.3 is 0 Å². The molecular weight excluding hydrogens is 292 g/mol. The van der Waals surface area contributed by atoms with E-state index < -0.39 is 14.1 Å². The van der Waals surface area contributed by atoms with Gasteiger partial charge in [0.1, 0.15) is 0 Å². The van der Waals surface area contributed by atoms with E-state index >= 15 is 0 Å². The average Bonchev–Trinajstić information content (AvgIpc) is 2.32. The molecule has 2 heterocycles. The largest absolute Gasteiger partial charge is 0.265 e. The molecule has 0 aliphatic rings. The van der Waals surface area contributed by atoms with Crippen LogP contribution in [0.25, 0.3) is 0 Å². The third-order valence-corrected chi connectivity index (χ3v) is 1.17. The third-order valence-electron chi connectivity index (χ3n) is 1.17. The van der Waals surface area contributed by atoms with E-state index in [-0.39, 0.29) is 0 Å². The maximum Gasteiger partial charge on any atom is 0.166 e. The summed E-state index contributed by atoms with van der Waals surface area (Å²) in [5, 5.41) is 0. The average molecular weight is 303 g/mol. The Morgan fingerprint density at radius 3 is 1.24 bits per heavy atom. The highest BCUT2D eigenvalue weighted by molar-refractivity contribution is 4.88. The molecular formula is C10H11BrN2O4. The lowest BCUT2D eigenvalue weighted by Gasteiger charge is -2.11. The monoisotopic (exact) mass is 302 g/mol. The molecule has 0 aromatic carbocycles. The van der Waals surface area contributed by atoms with Crippen molar-refractivity contribution in [2.45, 2.75) is 0 Å². The van der Waals surface area contributed by atoms with E-state index in [0.717, 1.165) is 0 Å². The molecule has 17 heavy (non-hydrogen) atoms. The van der Waals surface area contributed by atoms with Crippen molar-refractivity contribution in [2.75, 3.05) is 0 Å². The van der Waals surface area contributed by atoms with Crippen LogP contribution in [0.4, 0.5) is 0 Å². The highest BCUT2D eigenvalue weighted by Crippen LogP contribution is 1.73. The highest BCUT2D eigenvalue weighted by atomic mass is 80.0. The summed E-state index contributed by atoms with van der Waals surface area (Å²) in [7, 11) is 0. The topological polar surface area (TPSA) is 119 Å². The summed E-state index contributed by atoms with van der Waals surface area (Å²) < 4.78 is 34.3. The Balaban J connectivity index is 0.000000228. The Labute approximate surface area is 102 Å². The molecule has 0 saturated carbocycles. The van der Waals surface area contributed by atoms with Crippen molar-refractivity contribution in [1.82, 2.24) is 4.98 Å². The van der Waals surface area contributed by atoms with Gasteiger partial charge in [-0.15, -0.1) is 0 Å². The minimum Gasteiger partial charge on any atom is -0.265 e. The van der Waals surface area contributed by atoms with Crippen LogP contribution in [0.1, 0.15) is 0 Å². The molecule has 0 fully saturated rings. The lowest BCUT2D eigenvalue weighted by molar-refractivity contribution is -2.00. The van der Waals surface area contributed by atoms with E-state index in [2.05, 4.69) is 9.97 Å². The molecule has 2 rings (SSSR count). The zero-order chi connectivity index (χ0) is 13.0. The lowest BCUT2D eigenvalue weighted by atomic mass is 10.5. The second-order valence-corrected chi connectivity index (χ2v) is 4.07. The van der Waals surface area contributed by atoms with Crippen LogP contribution in [0.5, 0.6) is 0 Å². The second-order valence-electron chi connectivity index (χ2n) is 2.48. The fourth-order valence-corrected chi connectivity index (χ4v) is 0.655. The minimum atomic E-state index is -5.62. The van der Waals surface area contributed by atoms with Crippen LogP contribution < -0.4 is 21.8 Å². The molecule has 6 nitrogen and oxygen atoms in total. The lowest BCUT2D eigenvalue weighted by Crippen LogP contribution is -2.68. The van der Waals surface area contributed by atoms with Crippen LogP contribution in [-0.4, -0.2) is 4.98 Å². The zero-order valence-electron chi connectivity index (χ0n) is 8.73. The van der Waals surface area contributed by atoms with Gasteiger partial charge in [0.25, 0.3) is 0 Å². The molecule has 7 heteroatoms. The first-order valence-corrected chi connectivity index (χ1v) is 6.97. The van der Waals surface area contributed by atoms with Crippen LogP contribution in [0.2, 0.25) is 0 Å². The Kier molecular flexibility index (Phi) is 9.02. The number of halogens is 1. The predicted octanol–water partition coefficient (Wildman–Crippen LogP) is -3.17. The van der Waals surface area contributed by atoms with Gasteiger partial charge in [-0.05, 0) is 12.1 Å². The van der Waals surface area contributed by atoms with Crippen molar-refractivity contribution in [2.24, 2.45) is 0 Å². The van der Waals surface area contributed by atoms with E-state index in [9.17, 15) is 0 Å². The molecule has 0 aliphatic heterocycles. The summed E-state index contributed by atoms with van der Waals surface area (Å²) in [4.78, 5) is 6.68. The predicted molar refractivity (Wildman–Crippen MR) is 47.2 cm³/mol.